The highest BCUT2D eigenvalue weighted by atomic mass is 35.5. The second-order valence-electron chi connectivity index (χ2n) is 3.67. The van der Waals surface area contributed by atoms with E-state index in [0.29, 0.717) is 13.0 Å². The normalized spacial score (nSPS) is 10.3. The van der Waals surface area contributed by atoms with Crippen LogP contribution in [0.15, 0.2) is 24.3 Å². The third-order valence-corrected chi connectivity index (χ3v) is 2.40. The molecule has 4 nitrogen and oxygen atoms in total. The van der Waals surface area contributed by atoms with Crippen molar-refractivity contribution in [3.8, 4) is 0 Å². The molecule has 0 saturated carbocycles. The van der Waals surface area contributed by atoms with Crippen molar-refractivity contribution in [1.82, 2.24) is 0 Å². The Hall–Kier alpha value is -1.26. The first-order chi connectivity index (χ1) is 9.06. The number of halogens is 2. The molecule has 0 fully saturated rings. The minimum absolute atomic E-state index is 0.137. The maximum Gasteiger partial charge on any atom is 0.339 e. The van der Waals surface area contributed by atoms with E-state index < -0.39 is 16.8 Å². The van der Waals surface area contributed by atoms with Crippen LogP contribution in [0.5, 0.6) is 0 Å². The maximum absolute atomic E-state index is 11.8. The highest BCUT2D eigenvalue weighted by Crippen LogP contribution is 2.13. The average Bonchev–Trinajstić information content (AvgIpc) is 2.42. The molecule has 0 amide bonds. The quantitative estimate of drug-likeness (QED) is 0.598. The Labute approximate surface area is 121 Å². The second kappa shape index (κ2) is 8.02. The third-order valence-electron chi connectivity index (χ3n) is 2.14. The lowest BCUT2D eigenvalue weighted by Gasteiger charge is -2.09. The summed E-state index contributed by atoms with van der Waals surface area (Å²) >= 11 is 11.0. The Bertz CT molecular complexity index is 446. The van der Waals surface area contributed by atoms with E-state index in [1.54, 1.807) is 12.1 Å². The molecule has 0 aliphatic rings. The molecule has 0 unspecified atom stereocenters. The van der Waals surface area contributed by atoms with Crippen LogP contribution >= 0.6 is 23.2 Å². The van der Waals surface area contributed by atoms with Crippen LogP contribution in [-0.4, -0.2) is 30.0 Å². The molecule has 0 spiro atoms. The van der Waals surface area contributed by atoms with Gasteiger partial charge in [0.2, 0.25) is 0 Å². The van der Waals surface area contributed by atoms with Crippen molar-refractivity contribution in [2.45, 2.75) is 18.2 Å². The molecule has 1 rings (SSSR count). The smallest absolute Gasteiger partial charge is 0.339 e. The van der Waals surface area contributed by atoms with Gasteiger partial charge in [0.15, 0.2) is 0 Å². The lowest BCUT2D eigenvalue weighted by molar-refractivity contribution is 0.0465. The molecule has 104 valence electrons. The second-order valence-corrected chi connectivity index (χ2v) is 4.95. The standard InChI is InChI=1S/C13H14Cl2O4/c1-2-7-18-12(16)9-5-3-4-6-10(9)13(17)19-8-11(14)15/h3-6,11H,2,7-8H2,1H3. The minimum Gasteiger partial charge on any atom is -0.462 e. The summed E-state index contributed by atoms with van der Waals surface area (Å²) in [4.78, 5) is 22.8. The lowest BCUT2D eigenvalue weighted by Crippen LogP contribution is -2.16. The van der Waals surface area contributed by atoms with Crippen LogP contribution in [0.4, 0.5) is 0 Å². The van der Waals surface area contributed by atoms with Crippen LogP contribution in [0, 0.1) is 0 Å². The molecule has 0 atom stereocenters. The first-order valence-corrected chi connectivity index (χ1v) is 6.65. The zero-order valence-corrected chi connectivity index (χ0v) is 11.9. The van der Waals surface area contributed by atoms with Gasteiger partial charge < -0.3 is 9.47 Å². The van der Waals surface area contributed by atoms with Crippen LogP contribution in [0.1, 0.15) is 34.1 Å². The Balaban J connectivity index is 2.83. The summed E-state index contributed by atoms with van der Waals surface area (Å²) in [6.45, 7) is 2.04. The molecular formula is C13H14Cl2O4. The van der Waals surface area contributed by atoms with Gasteiger partial charge in [-0.05, 0) is 18.6 Å². The summed E-state index contributed by atoms with van der Waals surface area (Å²) in [6.07, 6.45) is 0.707. The number of hydrogen-bond acceptors (Lipinski definition) is 4. The number of carbonyl (C=O) groups excluding carboxylic acids is 2. The summed E-state index contributed by atoms with van der Waals surface area (Å²) in [5, 5.41) is 0. The molecule has 0 aromatic heterocycles. The number of ether oxygens (including phenoxy) is 2. The Morgan fingerprint density at radius 2 is 1.63 bits per heavy atom. The summed E-state index contributed by atoms with van der Waals surface area (Å²) in [6, 6.07) is 6.27. The van der Waals surface area contributed by atoms with Gasteiger partial charge in [-0.15, -0.1) is 23.2 Å². The minimum atomic E-state index is -0.803. The molecular weight excluding hydrogens is 291 g/mol. The molecule has 0 heterocycles. The average molecular weight is 305 g/mol. The summed E-state index contributed by atoms with van der Waals surface area (Å²) in [5.41, 5.74) is 0.305. The number of alkyl halides is 2. The molecule has 0 bridgehead atoms. The Morgan fingerprint density at radius 3 is 2.11 bits per heavy atom. The SMILES string of the molecule is CCCOC(=O)c1ccccc1C(=O)OCC(Cl)Cl. The van der Waals surface area contributed by atoms with Gasteiger partial charge in [0.05, 0.1) is 17.7 Å². The van der Waals surface area contributed by atoms with Gasteiger partial charge in [-0.1, -0.05) is 19.1 Å². The van der Waals surface area contributed by atoms with E-state index in [1.165, 1.54) is 12.1 Å². The lowest BCUT2D eigenvalue weighted by atomic mass is 10.1. The summed E-state index contributed by atoms with van der Waals surface area (Å²) < 4.78 is 9.87. The highest BCUT2D eigenvalue weighted by molar-refractivity contribution is 6.44. The molecule has 0 N–H and O–H groups in total. The molecule has 0 aliphatic heterocycles. The van der Waals surface area contributed by atoms with Gasteiger partial charge in [-0.25, -0.2) is 9.59 Å². The van der Waals surface area contributed by atoms with Gasteiger partial charge in [0.1, 0.15) is 11.4 Å². The summed E-state index contributed by atoms with van der Waals surface area (Å²) in [7, 11) is 0. The molecule has 19 heavy (non-hydrogen) atoms. The molecule has 1 aromatic rings. The van der Waals surface area contributed by atoms with Gasteiger partial charge >= 0.3 is 11.9 Å². The number of hydrogen-bond donors (Lipinski definition) is 0. The predicted octanol–water partition coefficient (Wildman–Crippen LogP) is 3.21. The predicted molar refractivity (Wildman–Crippen MR) is 72.8 cm³/mol. The zero-order valence-electron chi connectivity index (χ0n) is 10.4. The van der Waals surface area contributed by atoms with Gasteiger partial charge in [-0.3, -0.25) is 0 Å². The fraction of sp³-hybridized carbons (Fsp3) is 0.385. The van der Waals surface area contributed by atoms with Crippen molar-refractivity contribution >= 4 is 35.1 Å². The van der Waals surface area contributed by atoms with E-state index in [-0.39, 0.29) is 17.7 Å². The fourth-order valence-electron chi connectivity index (χ4n) is 1.33. The number of rotatable bonds is 6. The highest BCUT2D eigenvalue weighted by Gasteiger charge is 2.19. The van der Waals surface area contributed by atoms with E-state index in [9.17, 15) is 9.59 Å². The number of benzene rings is 1. The van der Waals surface area contributed by atoms with E-state index in [4.69, 9.17) is 32.7 Å². The first-order valence-electron chi connectivity index (χ1n) is 5.77. The maximum atomic E-state index is 11.8. The van der Waals surface area contributed by atoms with Crippen molar-refractivity contribution in [3.63, 3.8) is 0 Å². The molecule has 0 aliphatic carbocycles. The van der Waals surface area contributed by atoms with E-state index >= 15 is 0 Å². The largest absolute Gasteiger partial charge is 0.462 e. The number of esters is 2. The summed E-state index contributed by atoms with van der Waals surface area (Å²) in [5.74, 6) is -1.21. The molecule has 6 heteroatoms. The van der Waals surface area contributed by atoms with Crippen molar-refractivity contribution < 1.29 is 19.1 Å². The van der Waals surface area contributed by atoms with E-state index in [0.717, 1.165) is 0 Å². The number of carbonyl (C=O) groups is 2. The molecule has 0 saturated heterocycles. The van der Waals surface area contributed by atoms with Crippen molar-refractivity contribution in [2.24, 2.45) is 0 Å². The zero-order chi connectivity index (χ0) is 14.3. The first kappa shape index (κ1) is 15.8. The van der Waals surface area contributed by atoms with Gasteiger partial charge in [0.25, 0.3) is 0 Å². The van der Waals surface area contributed by atoms with Crippen LogP contribution in [0.3, 0.4) is 0 Å². The van der Waals surface area contributed by atoms with E-state index in [1.807, 2.05) is 6.92 Å². The Kier molecular flexibility index (Phi) is 6.67. The van der Waals surface area contributed by atoms with Crippen molar-refractivity contribution in [1.29, 1.82) is 0 Å². The van der Waals surface area contributed by atoms with E-state index in [2.05, 4.69) is 0 Å². The van der Waals surface area contributed by atoms with Crippen LogP contribution in [0.25, 0.3) is 0 Å². The van der Waals surface area contributed by atoms with Gasteiger partial charge in [-0.2, -0.15) is 0 Å². The van der Waals surface area contributed by atoms with Crippen LogP contribution in [0.2, 0.25) is 0 Å². The van der Waals surface area contributed by atoms with Crippen molar-refractivity contribution in [3.05, 3.63) is 35.4 Å². The van der Waals surface area contributed by atoms with Crippen molar-refractivity contribution in [2.75, 3.05) is 13.2 Å². The third kappa shape index (κ3) is 5.09. The monoisotopic (exact) mass is 304 g/mol. The van der Waals surface area contributed by atoms with Crippen LogP contribution in [-0.2, 0) is 9.47 Å². The fourth-order valence-corrected chi connectivity index (χ4v) is 1.45. The molecule has 0 radical (unpaired) electrons. The molecule has 1 aromatic carbocycles. The Morgan fingerprint density at radius 1 is 1.11 bits per heavy atom. The topological polar surface area (TPSA) is 52.6 Å². The van der Waals surface area contributed by atoms with Crippen LogP contribution < -0.4 is 0 Å². The van der Waals surface area contributed by atoms with Gasteiger partial charge in [0, 0.05) is 0 Å².